The highest BCUT2D eigenvalue weighted by Crippen LogP contribution is 2.30. The van der Waals surface area contributed by atoms with Crippen molar-refractivity contribution in [1.29, 1.82) is 0 Å². The number of amides is 1. The van der Waals surface area contributed by atoms with Gasteiger partial charge in [-0.1, -0.05) is 75.8 Å². The molecule has 0 atom stereocenters. The summed E-state index contributed by atoms with van der Waals surface area (Å²) in [6, 6.07) is 15.4. The van der Waals surface area contributed by atoms with Gasteiger partial charge in [0.15, 0.2) is 0 Å². The average molecular weight is 339 g/mol. The third-order valence-corrected chi connectivity index (χ3v) is 4.37. The first-order valence-corrected chi connectivity index (χ1v) is 9.34. The molecule has 2 N–H and O–H groups in total. The summed E-state index contributed by atoms with van der Waals surface area (Å²) in [5.74, 6) is 0.482. The molecule has 0 spiro atoms. The SMILES string of the molecule is CCCCCCCCCOc1ccccc1-c1ccc(C(N)=O)cc1. The van der Waals surface area contributed by atoms with Crippen LogP contribution in [0.2, 0.25) is 0 Å². The first kappa shape index (κ1) is 19.0. The number of hydrogen-bond donors (Lipinski definition) is 1. The lowest BCUT2D eigenvalue weighted by atomic mass is 10.0. The van der Waals surface area contributed by atoms with Crippen LogP contribution in [-0.2, 0) is 0 Å². The van der Waals surface area contributed by atoms with Gasteiger partial charge in [-0.25, -0.2) is 0 Å². The lowest BCUT2D eigenvalue weighted by molar-refractivity contribution is 0.100. The molecule has 0 saturated carbocycles. The summed E-state index contributed by atoms with van der Waals surface area (Å²) in [4.78, 5) is 11.2. The van der Waals surface area contributed by atoms with Crippen LogP contribution in [0.4, 0.5) is 0 Å². The molecule has 0 saturated heterocycles. The van der Waals surface area contributed by atoms with Crippen LogP contribution in [0, 0.1) is 0 Å². The van der Waals surface area contributed by atoms with Crippen molar-refractivity contribution in [3.8, 4) is 16.9 Å². The summed E-state index contributed by atoms with van der Waals surface area (Å²) < 4.78 is 6.01. The molecule has 0 aliphatic rings. The van der Waals surface area contributed by atoms with Gasteiger partial charge in [0.2, 0.25) is 5.91 Å². The maximum atomic E-state index is 11.2. The minimum Gasteiger partial charge on any atom is -0.493 e. The summed E-state index contributed by atoms with van der Waals surface area (Å²) in [6.45, 7) is 2.98. The number of ether oxygens (including phenoxy) is 1. The van der Waals surface area contributed by atoms with E-state index in [-0.39, 0.29) is 0 Å². The van der Waals surface area contributed by atoms with Gasteiger partial charge in [-0.15, -0.1) is 0 Å². The van der Waals surface area contributed by atoms with E-state index in [2.05, 4.69) is 6.92 Å². The Bertz CT molecular complexity index is 649. The van der Waals surface area contributed by atoms with Crippen LogP contribution >= 0.6 is 0 Å². The van der Waals surface area contributed by atoms with Crippen molar-refractivity contribution < 1.29 is 9.53 Å². The Balaban J connectivity index is 1.87. The van der Waals surface area contributed by atoms with E-state index in [9.17, 15) is 4.79 Å². The Hall–Kier alpha value is -2.29. The Kier molecular flexibility index (Phi) is 8.03. The molecule has 25 heavy (non-hydrogen) atoms. The van der Waals surface area contributed by atoms with E-state index in [1.807, 2.05) is 36.4 Å². The predicted octanol–water partition coefficient (Wildman–Crippen LogP) is 5.58. The van der Waals surface area contributed by atoms with Gasteiger partial charge >= 0.3 is 0 Å². The van der Waals surface area contributed by atoms with Gasteiger partial charge in [0.1, 0.15) is 5.75 Å². The van der Waals surface area contributed by atoms with E-state index in [1.54, 1.807) is 12.1 Å². The standard InChI is InChI=1S/C22H29NO2/c1-2-3-4-5-6-7-10-17-25-21-12-9-8-11-20(21)18-13-15-19(16-14-18)22(23)24/h8-9,11-16H,2-7,10,17H2,1H3,(H2,23,24). The van der Waals surface area contributed by atoms with Crippen molar-refractivity contribution in [2.24, 2.45) is 5.73 Å². The highest BCUT2D eigenvalue weighted by atomic mass is 16.5. The molecule has 0 heterocycles. The van der Waals surface area contributed by atoms with Crippen LogP contribution in [0.15, 0.2) is 48.5 Å². The second kappa shape index (κ2) is 10.5. The van der Waals surface area contributed by atoms with Crippen molar-refractivity contribution in [3.05, 3.63) is 54.1 Å². The number of nitrogens with two attached hydrogens (primary N) is 1. The summed E-state index contributed by atoms with van der Waals surface area (Å²) in [5.41, 5.74) is 7.89. The highest BCUT2D eigenvalue weighted by molar-refractivity contribution is 5.93. The molecule has 1 amide bonds. The highest BCUT2D eigenvalue weighted by Gasteiger charge is 2.07. The number of rotatable bonds is 11. The van der Waals surface area contributed by atoms with Crippen molar-refractivity contribution in [1.82, 2.24) is 0 Å². The van der Waals surface area contributed by atoms with Crippen LogP contribution in [0.25, 0.3) is 11.1 Å². The third kappa shape index (κ3) is 6.26. The molecule has 0 fully saturated rings. The summed E-state index contributed by atoms with van der Waals surface area (Å²) in [7, 11) is 0. The van der Waals surface area contributed by atoms with Gasteiger partial charge in [-0.05, 0) is 30.2 Å². The van der Waals surface area contributed by atoms with Crippen LogP contribution in [0.5, 0.6) is 5.75 Å². The lowest BCUT2D eigenvalue weighted by Gasteiger charge is -2.12. The fourth-order valence-electron chi connectivity index (χ4n) is 2.89. The van der Waals surface area contributed by atoms with Gasteiger partial charge in [0.25, 0.3) is 0 Å². The topological polar surface area (TPSA) is 52.3 Å². The van der Waals surface area contributed by atoms with E-state index in [1.165, 1.54) is 38.5 Å². The Morgan fingerprint density at radius 1 is 0.880 bits per heavy atom. The molecule has 2 rings (SSSR count). The monoisotopic (exact) mass is 339 g/mol. The second-order valence-electron chi connectivity index (χ2n) is 6.41. The molecule has 0 bridgehead atoms. The Labute approximate surface area is 151 Å². The van der Waals surface area contributed by atoms with Crippen molar-refractivity contribution in [2.75, 3.05) is 6.61 Å². The maximum Gasteiger partial charge on any atom is 0.248 e. The quantitative estimate of drug-likeness (QED) is 0.543. The minimum atomic E-state index is -0.407. The fourth-order valence-corrected chi connectivity index (χ4v) is 2.89. The molecular formula is C22H29NO2. The zero-order valence-corrected chi connectivity index (χ0v) is 15.2. The third-order valence-electron chi connectivity index (χ3n) is 4.37. The predicted molar refractivity (Wildman–Crippen MR) is 104 cm³/mol. The zero-order valence-electron chi connectivity index (χ0n) is 15.2. The number of carbonyl (C=O) groups excluding carboxylic acids is 1. The molecule has 2 aromatic rings. The smallest absolute Gasteiger partial charge is 0.248 e. The van der Waals surface area contributed by atoms with Gasteiger partial charge < -0.3 is 10.5 Å². The van der Waals surface area contributed by atoms with E-state index >= 15 is 0 Å². The molecule has 2 aromatic carbocycles. The number of hydrogen-bond acceptors (Lipinski definition) is 2. The first-order valence-electron chi connectivity index (χ1n) is 9.34. The van der Waals surface area contributed by atoms with E-state index in [0.29, 0.717) is 5.56 Å². The average Bonchev–Trinajstić information content (AvgIpc) is 2.64. The van der Waals surface area contributed by atoms with Crippen molar-refractivity contribution in [2.45, 2.75) is 51.9 Å². The van der Waals surface area contributed by atoms with Crippen molar-refractivity contribution in [3.63, 3.8) is 0 Å². The van der Waals surface area contributed by atoms with Crippen LogP contribution in [0.1, 0.15) is 62.2 Å². The van der Waals surface area contributed by atoms with Gasteiger partial charge in [-0.3, -0.25) is 4.79 Å². The Morgan fingerprint density at radius 2 is 1.52 bits per heavy atom. The molecule has 0 aromatic heterocycles. The van der Waals surface area contributed by atoms with Crippen LogP contribution in [0.3, 0.4) is 0 Å². The molecular weight excluding hydrogens is 310 g/mol. The molecule has 134 valence electrons. The van der Waals surface area contributed by atoms with E-state index < -0.39 is 5.91 Å². The Morgan fingerprint density at radius 3 is 2.20 bits per heavy atom. The molecule has 0 aliphatic heterocycles. The molecule has 0 radical (unpaired) electrons. The lowest BCUT2D eigenvalue weighted by Crippen LogP contribution is -2.10. The fraction of sp³-hybridized carbons (Fsp3) is 0.409. The van der Waals surface area contributed by atoms with Crippen LogP contribution < -0.4 is 10.5 Å². The molecule has 0 unspecified atom stereocenters. The van der Waals surface area contributed by atoms with E-state index in [4.69, 9.17) is 10.5 Å². The zero-order chi connectivity index (χ0) is 17.9. The minimum absolute atomic E-state index is 0.407. The summed E-state index contributed by atoms with van der Waals surface area (Å²) in [5, 5.41) is 0. The van der Waals surface area contributed by atoms with Gasteiger partial charge in [0.05, 0.1) is 6.61 Å². The maximum absolute atomic E-state index is 11.2. The van der Waals surface area contributed by atoms with E-state index in [0.717, 1.165) is 29.9 Å². The second-order valence-corrected chi connectivity index (χ2v) is 6.41. The largest absolute Gasteiger partial charge is 0.493 e. The molecule has 0 aliphatic carbocycles. The normalized spacial score (nSPS) is 10.6. The van der Waals surface area contributed by atoms with Crippen LogP contribution in [-0.4, -0.2) is 12.5 Å². The number of primary amides is 1. The molecule has 3 nitrogen and oxygen atoms in total. The van der Waals surface area contributed by atoms with Crippen molar-refractivity contribution >= 4 is 5.91 Å². The number of carbonyl (C=O) groups is 1. The van der Waals surface area contributed by atoms with Gasteiger partial charge in [-0.2, -0.15) is 0 Å². The van der Waals surface area contributed by atoms with Gasteiger partial charge in [0, 0.05) is 11.1 Å². The summed E-state index contributed by atoms with van der Waals surface area (Å²) in [6.07, 6.45) is 8.91. The number of unbranched alkanes of at least 4 members (excludes halogenated alkanes) is 6. The summed E-state index contributed by atoms with van der Waals surface area (Å²) >= 11 is 0. The number of benzene rings is 2. The molecule has 3 heteroatoms. The number of para-hydroxylation sites is 1. The first-order chi connectivity index (χ1) is 12.2.